The van der Waals surface area contributed by atoms with Crippen LogP contribution in [0.25, 0.3) is 11.3 Å². The van der Waals surface area contributed by atoms with Crippen molar-refractivity contribution < 1.29 is 17.7 Å². The quantitative estimate of drug-likeness (QED) is 0.743. The molecule has 0 bridgehead atoms. The van der Waals surface area contributed by atoms with E-state index in [4.69, 9.17) is 28.3 Å². The number of thiocarbonyl (C=S) groups is 1. The van der Waals surface area contributed by atoms with Crippen LogP contribution in [0.1, 0.15) is 22.5 Å². The summed E-state index contributed by atoms with van der Waals surface area (Å²) in [6, 6.07) is 6.66. The van der Waals surface area contributed by atoms with Crippen molar-refractivity contribution in [3.63, 3.8) is 0 Å². The van der Waals surface area contributed by atoms with E-state index in [1.807, 2.05) is 0 Å². The number of amides is 1. The van der Waals surface area contributed by atoms with Gasteiger partial charge in [-0.3, -0.25) is 10.1 Å². The second kappa shape index (κ2) is 7.34. The van der Waals surface area contributed by atoms with Gasteiger partial charge in [-0.2, -0.15) is 0 Å². The molecule has 1 aliphatic rings. The zero-order valence-electron chi connectivity index (χ0n) is 13.8. The Morgan fingerprint density at radius 1 is 1.38 bits per heavy atom. The van der Waals surface area contributed by atoms with Gasteiger partial charge in [0.1, 0.15) is 17.0 Å². The van der Waals surface area contributed by atoms with E-state index in [-0.39, 0.29) is 28.2 Å². The van der Waals surface area contributed by atoms with Gasteiger partial charge in [-0.1, -0.05) is 35.0 Å². The van der Waals surface area contributed by atoms with Crippen LogP contribution in [0.3, 0.4) is 0 Å². The maximum absolute atomic E-state index is 12.6. The molecule has 0 radical (unpaired) electrons. The van der Waals surface area contributed by atoms with E-state index in [2.05, 4.69) is 15.8 Å². The van der Waals surface area contributed by atoms with Crippen molar-refractivity contribution in [1.29, 1.82) is 0 Å². The standard InChI is InChI=1S/C16H16ClN3O4S2/c1-9-13(14(20-24-9)11-4-2-3-5-12(11)17)15(21)19-16(25)18-10-6-7-26(22,23)8-10/h2-5,10H,6-8H2,1H3,(H2,18,19,21,25). The van der Waals surface area contributed by atoms with Crippen LogP contribution in [0, 0.1) is 6.92 Å². The van der Waals surface area contributed by atoms with Crippen molar-refractivity contribution in [3.8, 4) is 11.3 Å². The van der Waals surface area contributed by atoms with Crippen molar-refractivity contribution in [2.45, 2.75) is 19.4 Å². The SMILES string of the molecule is Cc1onc(-c2ccccc2Cl)c1C(=O)NC(=S)NC1CCS(=O)(=O)C1. The number of rotatable bonds is 3. The monoisotopic (exact) mass is 413 g/mol. The molecule has 0 spiro atoms. The highest BCUT2D eigenvalue weighted by molar-refractivity contribution is 7.91. The van der Waals surface area contributed by atoms with Crippen molar-refractivity contribution in [1.82, 2.24) is 15.8 Å². The third-order valence-electron chi connectivity index (χ3n) is 4.01. The minimum Gasteiger partial charge on any atom is -0.360 e. The van der Waals surface area contributed by atoms with Gasteiger partial charge >= 0.3 is 0 Å². The van der Waals surface area contributed by atoms with Gasteiger partial charge in [-0.15, -0.1) is 0 Å². The van der Waals surface area contributed by atoms with Gasteiger partial charge in [0, 0.05) is 11.6 Å². The van der Waals surface area contributed by atoms with E-state index in [9.17, 15) is 13.2 Å². The van der Waals surface area contributed by atoms with Gasteiger partial charge in [-0.05, 0) is 31.6 Å². The summed E-state index contributed by atoms with van der Waals surface area (Å²) in [5, 5.41) is 9.84. The fraction of sp³-hybridized carbons (Fsp3) is 0.312. The first-order valence-corrected chi connectivity index (χ1v) is 10.4. The molecule has 1 amide bonds. The highest BCUT2D eigenvalue weighted by Gasteiger charge is 2.29. The maximum Gasteiger partial charge on any atom is 0.263 e. The van der Waals surface area contributed by atoms with E-state index in [0.717, 1.165) is 0 Å². The molecule has 1 aromatic carbocycles. The Kier molecular flexibility index (Phi) is 5.31. The van der Waals surface area contributed by atoms with E-state index < -0.39 is 15.7 Å². The molecule has 138 valence electrons. The Hall–Kier alpha value is -1.97. The third-order valence-corrected chi connectivity index (χ3v) is 6.33. The van der Waals surface area contributed by atoms with Crippen LogP contribution in [-0.4, -0.2) is 42.1 Å². The van der Waals surface area contributed by atoms with Crippen LogP contribution in [0.4, 0.5) is 0 Å². The second-order valence-electron chi connectivity index (χ2n) is 5.97. The van der Waals surface area contributed by atoms with Gasteiger partial charge in [-0.25, -0.2) is 8.42 Å². The molecule has 1 atom stereocenters. The molecular formula is C16H16ClN3O4S2. The maximum atomic E-state index is 12.6. The third kappa shape index (κ3) is 4.05. The molecule has 3 rings (SSSR count). The molecule has 2 heterocycles. The number of hydrogen-bond donors (Lipinski definition) is 2. The normalized spacial score (nSPS) is 18.5. The van der Waals surface area contributed by atoms with E-state index in [1.54, 1.807) is 31.2 Å². The number of hydrogen-bond acceptors (Lipinski definition) is 6. The highest BCUT2D eigenvalue weighted by Crippen LogP contribution is 2.30. The largest absolute Gasteiger partial charge is 0.360 e. The lowest BCUT2D eigenvalue weighted by Gasteiger charge is -2.14. The lowest BCUT2D eigenvalue weighted by atomic mass is 10.1. The summed E-state index contributed by atoms with van der Waals surface area (Å²) in [4.78, 5) is 12.6. The molecule has 1 saturated heterocycles. The van der Waals surface area contributed by atoms with Gasteiger partial charge < -0.3 is 9.84 Å². The molecule has 26 heavy (non-hydrogen) atoms. The number of nitrogens with zero attached hydrogens (tertiary/aromatic N) is 1. The van der Waals surface area contributed by atoms with Crippen LogP contribution in [0.5, 0.6) is 0 Å². The molecule has 1 aliphatic heterocycles. The number of aryl methyl sites for hydroxylation is 1. The molecule has 1 aromatic heterocycles. The first-order chi connectivity index (χ1) is 12.3. The lowest BCUT2D eigenvalue weighted by molar-refractivity contribution is 0.0975. The summed E-state index contributed by atoms with van der Waals surface area (Å²) in [5.41, 5.74) is 1.11. The van der Waals surface area contributed by atoms with Gasteiger partial charge in [0.25, 0.3) is 5.91 Å². The molecule has 10 heteroatoms. The number of aromatic nitrogens is 1. The summed E-state index contributed by atoms with van der Waals surface area (Å²) >= 11 is 11.3. The Morgan fingerprint density at radius 2 is 2.12 bits per heavy atom. The van der Waals surface area contributed by atoms with Gasteiger partial charge in [0.2, 0.25) is 0 Å². The molecule has 1 fully saturated rings. The number of benzene rings is 1. The molecule has 0 saturated carbocycles. The smallest absolute Gasteiger partial charge is 0.263 e. The predicted octanol–water partition coefficient (Wildman–Crippen LogP) is 2.09. The van der Waals surface area contributed by atoms with Crippen LogP contribution in [0.15, 0.2) is 28.8 Å². The summed E-state index contributed by atoms with van der Waals surface area (Å²) in [7, 11) is -3.04. The summed E-state index contributed by atoms with van der Waals surface area (Å²) in [5.74, 6) is -0.0660. The van der Waals surface area contributed by atoms with E-state index >= 15 is 0 Å². The first kappa shape index (κ1) is 18.8. The van der Waals surface area contributed by atoms with Gasteiger partial charge in [0.15, 0.2) is 14.9 Å². The fourth-order valence-corrected chi connectivity index (χ4v) is 4.93. The molecule has 0 aliphatic carbocycles. The summed E-state index contributed by atoms with van der Waals surface area (Å²) in [6.45, 7) is 1.61. The summed E-state index contributed by atoms with van der Waals surface area (Å²) < 4.78 is 28.2. The van der Waals surface area contributed by atoms with Crippen molar-refractivity contribution in [2.24, 2.45) is 0 Å². The summed E-state index contributed by atoms with van der Waals surface area (Å²) in [6.07, 6.45) is 0.454. The first-order valence-electron chi connectivity index (χ1n) is 7.80. The fourth-order valence-electron chi connectivity index (χ4n) is 2.77. The van der Waals surface area contributed by atoms with Crippen LogP contribution < -0.4 is 10.6 Å². The number of sulfone groups is 1. The topological polar surface area (TPSA) is 101 Å². The molecule has 2 N–H and O–H groups in total. The molecule has 7 nitrogen and oxygen atoms in total. The zero-order chi connectivity index (χ0) is 18.9. The predicted molar refractivity (Wildman–Crippen MR) is 102 cm³/mol. The van der Waals surface area contributed by atoms with Crippen LogP contribution in [0.2, 0.25) is 5.02 Å². The minimum absolute atomic E-state index is 0.000176. The molecule has 1 unspecified atom stereocenters. The number of carbonyl (C=O) groups is 1. The number of carbonyl (C=O) groups excluding carboxylic acids is 1. The lowest BCUT2D eigenvalue weighted by Crippen LogP contribution is -2.45. The van der Waals surface area contributed by atoms with Crippen LogP contribution in [-0.2, 0) is 9.84 Å². The Balaban J connectivity index is 1.76. The van der Waals surface area contributed by atoms with E-state index in [1.165, 1.54) is 0 Å². The van der Waals surface area contributed by atoms with E-state index in [0.29, 0.717) is 28.5 Å². The Labute approximate surface area is 161 Å². The zero-order valence-corrected chi connectivity index (χ0v) is 16.2. The molecular weight excluding hydrogens is 398 g/mol. The average Bonchev–Trinajstić information content (AvgIpc) is 3.10. The second-order valence-corrected chi connectivity index (χ2v) is 9.01. The van der Waals surface area contributed by atoms with Crippen molar-refractivity contribution in [2.75, 3.05) is 11.5 Å². The highest BCUT2D eigenvalue weighted by atomic mass is 35.5. The molecule has 2 aromatic rings. The Morgan fingerprint density at radius 3 is 2.77 bits per heavy atom. The Bertz CT molecular complexity index is 972. The number of nitrogens with one attached hydrogen (secondary N) is 2. The van der Waals surface area contributed by atoms with Gasteiger partial charge in [0.05, 0.1) is 16.5 Å². The van der Waals surface area contributed by atoms with Crippen LogP contribution >= 0.6 is 23.8 Å². The average molecular weight is 414 g/mol. The van der Waals surface area contributed by atoms with Crippen molar-refractivity contribution in [3.05, 3.63) is 40.6 Å². The minimum atomic E-state index is -3.04. The van der Waals surface area contributed by atoms with Crippen molar-refractivity contribution >= 4 is 44.7 Å². The number of halogens is 1.